The lowest BCUT2D eigenvalue weighted by atomic mass is 9.63. The molecular weight excluding hydrogens is 452 g/mol. The Morgan fingerprint density at radius 2 is 1.83 bits per heavy atom. The van der Waals surface area contributed by atoms with E-state index in [-0.39, 0.29) is 35.6 Å². The molecule has 1 saturated carbocycles. The summed E-state index contributed by atoms with van der Waals surface area (Å²) in [5.41, 5.74) is 14.0. The van der Waals surface area contributed by atoms with Crippen molar-refractivity contribution in [3.63, 3.8) is 0 Å². The molecule has 1 aromatic rings. The Hall–Kier alpha value is -1.58. The lowest BCUT2D eigenvalue weighted by Crippen LogP contribution is -2.82. The first kappa shape index (κ1) is 26.0. The van der Waals surface area contributed by atoms with Crippen LogP contribution in [0.1, 0.15) is 82.0 Å². The number of nitrogens with one attached hydrogen (secondary N) is 4. The zero-order valence-electron chi connectivity index (χ0n) is 22.1. The summed E-state index contributed by atoms with van der Waals surface area (Å²) in [4.78, 5) is 0. The summed E-state index contributed by atoms with van der Waals surface area (Å²) in [6.07, 6.45) is 17.1. The van der Waals surface area contributed by atoms with Crippen LogP contribution in [0.3, 0.4) is 0 Å². The highest BCUT2D eigenvalue weighted by Gasteiger charge is 2.56. The Morgan fingerprint density at radius 1 is 1.03 bits per heavy atom. The van der Waals surface area contributed by atoms with Crippen LogP contribution in [0, 0.1) is 11.3 Å². The molecule has 1 aromatic carbocycles. The third kappa shape index (κ3) is 4.95. The van der Waals surface area contributed by atoms with Crippen molar-refractivity contribution in [3.05, 3.63) is 53.6 Å². The summed E-state index contributed by atoms with van der Waals surface area (Å²) in [5, 5.41) is 4.09. The van der Waals surface area contributed by atoms with Gasteiger partial charge in [0.05, 0.1) is 12.3 Å². The Labute approximate surface area is 216 Å². The molecule has 4 unspecified atom stereocenters. The first-order valence-electron chi connectivity index (χ1n) is 13.8. The molecule has 2 saturated heterocycles. The van der Waals surface area contributed by atoms with Gasteiger partial charge in [-0.2, -0.15) is 5.53 Å². The van der Waals surface area contributed by atoms with Gasteiger partial charge in [0.25, 0.3) is 0 Å². The highest BCUT2D eigenvalue weighted by molar-refractivity contribution is 5.77. The van der Waals surface area contributed by atoms with Crippen molar-refractivity contribution in [2.45, 2.75) is 88.9 Å². The van der Waals surface area contributed by atoms with E-state index < -0.39 is 0 Å². The number of hydrogen-bond acceptors (Lipinski definition) is 7. The summed E-state index contributed by atoms with van der Waals surface area (Å²) >= 11 is 0. The number of rotatable bonds is 7. The van der Waals surface area contributed by atoms with Crippen molar-refractivity contribution in [1.29, 1.82) is 0 Å². The second-order valence-electron chi connectivity index (χ2n) is 11.1. The van der Waals surface area contributed by atoms with Gasteiger partial charge in [-0.15, -0.1) is 0 Å². The minimum Gasteiger partial charge on any atom is -0.375 e. The molecule has 3 fully saturated rings. The predicted molar refractivity (Wildman–Crippen MR) is 142 cm³/mol. The normalized spacial score (nSPS) is 32.9. The van der Waals surface area contributed by atoms with Crippen LogP contribution in [-0.2, 0) is 14.2 Å². The molecule has 2 aliphatic carbocycles. The third-order valence-corrected chi connectivity index (χ3v) is 8.95. The highest BCUT2D eigenvalue weighted by atomic mass is 16.7. The van der Waals surface area contributed by atoms with Gasteiger partial charge in [-0.25, -0.2) is 10.9 Å². The largest absolute Gasteiger partial charge is 0.375 e. The zero-order chi connectivity index (χ0) is 25.0. The fourth-order valence-corrected chi connectivity index (χ4v) is 6.85. The van der Waals surface area contributed by atoms with Crippen molar-refractivity contribution in [2.24, 2.45) is 11.3 Å². The fourth-order valence-electron chi connectivity index (χ4n) is 6.85. The highest BCUT2D eigenvalue weighted by Crippen LogP contribution is 2.48. The third-order valence-electron chi connectivity index (χ3n) is 8.95. The Balaban J connectivity index is 1.44. The van der Waals surface area contributed by atoms with Gasteiger partial charge in [-0.05, 0) is 55.2 Å². The van der Waals surface area contributed by atoms with E-state index >= 15 is 0 Å². The second-order valence-corrected chi connectivity index (χ2v) is 11.1. The minimum absolute atomic E-state index is 0.0653. The monoisotopic (exact) mass is 496 g/mol. The molecule has 36 heavy (non-hydrogen) atoms. The molecule has 4 aliphatic rings. The summed E-state index contributed by atoms with van der Waals surface area (Å²) in [7, 11) is 3.40. The molecule has 0 radical (unpaired) electrons. The summed E-state index contributed by atoms with van der Waals surface area (Å²) < 4.78 is 17.5. The molecule has 7 nitrogen and oxygen atoms in total. The van der Waals surface area contributed by atoms with Gasteiger partial charge in [-0.3, -0.25) is 5.32 Å². The van der Waals surface area contributed by atoms with Crippen LogP contribution in [-0.4, -0.2) is 38.9 Å². The average Bonchev–Trinajstić information content (AvgIpc) is 2.95. The van der Waals surface area contributed by atoms with Crippen LogP contribution in [0.15, 0.2) is 42.5 Å². The van der Waals surface area contributed by atoms with E-state index in [2.05, 4.69) is 71.1 Å². The topological polar surface area (TPSA) is 75.8 Å². The van der Waals surface area contributed by atoms with Crippen LogP contribution in [0.2, 0.25) is 0 Å². The van der Waals surface area contributed by atoms with Crippen LogP contribution in [0.4, 0.5) is 0 Å². The van der Waals surface area contributed by atoms with Crippen molar-refractivity contribution in [2.75, 3.05) is 20.8 Å². The number of allylic oxidation sites excluding steroid dienone is 3. The number of methoxy groups -OCH3 is 2. The van der Waals surface area contributed by atoms with Crippen LogP contribution in [0.5, 0.6) is 0 Å². The number of hydrazine groups is 2. The maximum atomic E-state index is 6.49. The van der Waals surface area contributed by atoms with Gasteiger partial charge < -0.3 is 14.2 Å². The van der Waals surface area contributed by atoms with Gasteiger partial charge in [0.1, 0.15) is 5.66 Å². The van der Waals surface area contributed by atoms with E-state index in [0.29, 0.717) is 0 Å². The zero-order valence-corrected chi connectivity index (χ0v) is 22.1. The van der Waals surface area contributed by atoms with Crippen molar-refractivity contribution < 1.29 is 14.2 Å². The van der Waals surface area contributed by atoms with Crippen molar-refractivity contribution in [3.8, 4) is 0 Å². The summed E-state index contributed by atoms with van der Waals surface area (Å²) in [6, 6.07) is 8.72. The van der Waals surface area contributed by atoms with Gasteiger partial charge in [0, 0.05) is 32.2 Å². The standard InChI is InChI=1S/C29H44N4O3/c1-28(18-8-4-9-19-28)29(25-13-7-10-20-36-25)30-26(31-33-32-29)24-12-6-5-11-23(24)21-14-16-22(17-15-21)27(34-2)35-3/h5-6,11-12,14-16,22,25-27,30-33H,4,7-10,13,17-20H2,1-3H3. The molecule has 0 aromatic heterocycles. The van der Waals surface area contributed by atoms with Gasteiger partial charge in [-0.1, -0.05) is 68.7 Å². The number of hydrogen-bond donors (Lipinski definition) is 4. The van der Waals surface area contributed by atoms with Gasteiger partial charge in [0.15, 0.2) is 6.29 Å². The molecule has 4 N–H and O–H groups in total. The van der Waals surface area contributed by atoms with E-state index in [0.717, 1.165) is 25.9 Å². The van der Waals surface area contributed by atoms with Gasteiger partial charge >= 0.3 is 0 Å². The molecule has 7 heteroatoms. The SMILES string of the molecule is COC(OC)C1C=CC(c2ccccc2C2NNNC(C3CCCCO3)(C3(C)CCCCC3)N2)=CC1. The first-order chi connectivity index (χ1) is 17.6. The average molecular weight is 497 g/mol. The molecular formula is C29H44N4O3. The maximum absolute atomic E-state index is 6.49. The quantitative estimate of drug-likeness (QED) is 0.408. The molecule has 0 spiro atoms. The van der Waals surface area contributed by atoms with E-state index in [4.69, 9.17) is 14.2 Å². The lowest BCUT2D eigenvalue weighted by molar-refractivity contribution is -0.147. The van der Waals surface area contributed by atoms with Crippen LogP contribution >= 0.6 is 0 Å². The first-order valence-corrected chi connectivity index (χ1v) is 13.8. The molecule has 2 aliphatic heterocycles. The summed E-state index contributed by atoms with van der Waals surface area (Å²) in [5.74, 6) is 0.218. The molecule has 0 bridgehead atoms. The van der Waals surface area contributed by atoms with E-state index in [1.807, 2.05) is 0 Å². The number of ether oxygens (including phenoxy) is 3. The van der Waals surface area contributed by atoms with E-state index in [1.54, 1.807) is 14.2 Å². The fraction of sp³-hybridized carbons (Fsp3) is 0.655. The number of benzene rings is 1. The van der Waals surface area contributed by atoms with Crippen LogP contribution < -0.4 is 21.7 Å². The Morgan fingerprint density at radius 3 is 2.53 bits per heavy atom. The van der Waals surface area contributed by atoms with Crippen LogP contribution in [0.25, 0.3) is 5.57 Å². The van der Waals surface area contributed by atoms with Crippen molar-refractivity contribution in [1.82, 2.24) is 21.7 Å². The molecule has 4 atom stereocenters. The summed E-state index contributed by atoms with van der Waals surface area (Å²) in [6.45, 7) is 3.29. The molecule has 0 amide bonds. The van der Waals surface area contributed by atoms with E-state index in [1.165, 1.54) is 55.2 Å². The second kappa shape index (κ2) is 11.4. The minimum atomic E-state index is -0.358. The molecule has 5 rings (SSSR count). The Bertz CT molecular complexity index is 934. The van der Waals surface area contributed by atoms with E-state index in [9.17, 15) is 0 Å². The maximum Gasteiger partial charge on any atom is 0.163 e. The smallest absolute Gasteiger partial charge is 0.163 e. The lowest BCUT2D eigenvalue weighted by Gasteiger charge is -2.59. The molecule has 198 valence electrons. The van der Waals surface area contributed by atoms with Crippen molar-refractivity contribution >= 4 is 5.57 Å². The Kier molecular flexibility index (Phi) is 8.27. The van der Waals surface area contributed by atoms with Gasteiger partial charge in [0.2, 0.25) is 0 Å². The predicted octanol–water partition coefficient (Wildman–Crippen LogP) is 4.70. The molecule has 2 heterocycles.